The third kappa shape index (κ3) is 5.40. The maximum atomic E-state index is 12.4. The Hall–Kier alpha value is -2.95. The molecule has 164 valence electrons. The molecule has 0 saturated heterocycles. The molecule has 3 rings (SSSR count). The molecular formula is C21H23N3O5S2. The predicted molar refractivity (Wildman–Crippen MR) is 120 cm³/mol. The van der Waals surface area contributed by atoms with E-state index in [4.69, 9.17) is 9.47 Å². The van der Waals surface area contributed by atoms with E-state index in [1.807, 2.05) is 0 Å². The molecule has 0 aliphatic heterocycles. The van der Waals surface area contributed by atoms with Crippen molar-refractivity contribution < 1.29 is 22.7 Å². The van der Waals surface area contributed by atoms with Crippen molar-refractivity contribution in [2.24, 2.45) is 0 Å². The molecule has 1 amide bonds. The SMILES string of the molecule is COc1ccc(O[C@@H](C)C(=O)Nc2nc(-c3ccc(S(=O)(=O)N(C)C)cc3)cs2)cc1. The van der Waals surface area contributed by atoms with Crippen LogP contribution in [-0.4, -0.2) is 50.9 Å². The molecule has 3 aromatic rings. The topological polar surface area (TPSA) is 97.8 Å². The lowest BCUT2D eigenvalue weighted by Gasteiger charge is -2.14. The van der Waals surface area contributed by atoms with Gasteiger partial charge in [-0.05, 0) is 43.3 Å². The third-order valence-electron chi connectivity index (χ3n) is 4.40. The molecule has 1 atom stereocenters. The average Bonchev–Trinajstić information content (AvgIpc) is 3.22. The molecule has 1 heterocycles. The van der Waals surface area contributed by atoms with Gasteiger partial charge < -0.3 is 9.47 Å². The van der Waals surface area contributed by atoms with E-state index in [-0.39, 0.29) is 10.8 Å². The molecule has 0 bridgehead atoms. The van der Waals surface area contributed by atoms with E-state index in [9.17, 15) is 13.2 Å². The summed E-state index contributed by atoms with van der Waals surface area (Å²) in [5, 5.41) is 4.96. The second kappa shape index (κ2) is 9.46. The average molecular weight is 462 g/mol. The van der Waals surface area contributed by atoms with Crippen molar-refractivity contribution in [1.29, 1.82) is 0 Å². The second-order valence-electron chi connectivity index (χ2n) is 6.77. The second-order valence-corrected chi connectivity index (χ2v) is 9.78. The number of methoxy groups -OCH3 is 1. The molecule has 31 heavy (non-hydrogen) atoms. The van der Waals surface area contributed by atoms with E-state index in [0.29, 0.717) is 22.3 Å². The summed E-state index contributed by atoms with van der Waals surface area (Å²) in [5.74, 6) is 0.923. The van der Waals surface area contributed by atoms with E-state index < -0.39 is 16.1 Å². The lowest BCUT2D eigenvalue weighted by Crippen LogP contribution is -2.30. The fraction of sp³-hybridized carbons (Fsp3) is 0.238. The predicted octanol–water partition coefficient (Wildman–Crippen LogP) is 3.48. The van der Waals surface area contributed by atoms with Crippen molar-refractivity contribution in [3.63, 3.8) is 0 Å². The summed E-state index contributed by atoms with van der Waals surface area (Å²) in [6.45, 7) is 1.65. The van der Waals surface area contributed by atoms with Crippen molar-refractivity contribution in [3.8, 4) is 22.8 Å². The highest BCUT2D eigenvalue weighted by atomic mass is 32.2. The highest BCUT2D eigenvalue weighted by molar-refractivity contribution is 7.89. The van der Waals surface area contributed by atoms with Gasteiger partial charge in [-0.15, -0.1) is 11.3 Å². The zero-order chi connectivity index (χ0) is 22.6. The van der Waals surface area contributed by atoms with Crippen LogP contribution in [0.2, 0.25) is 0 Å². The highest BCUT2D eigenvalue weighted by Gasteiger charge is 2.18. The summed E-state index contributed by atoms with van der Waals surface area (Å²) in [7, 11) is 1.06. The Morgan fingerprint density at radius 1 is 1.06 bits per heavy atom. The third-order valence-corrected chi connectivity index (χ3v) is 6.99. The molecule has 0 aliphatic carbocycles. The molecular weight excluding hydrogens is 438 g/mol. The number of benzene rings is 2. The molecule has 1 aromatic heterocycles. The first-order valence-electron chi connectivity index (χ1n) is 9.31. The van der Waals surface area contributed by atoms with Gasteiger partial charge >= 0.3 is 0 Å². The number of hydrogen-bond donors (Lipinski definition) is 1. The Morgan fingerprint density at radius 2 is 1.68 bits per heavy atom. The standard InChI is InChI=1S/C21H23N3O5S2/c1-14(29-17-9-7-16(28-4)8-10-17)20(25)23-21-22-19(13-30-21)15-5-11-18(12-6-15)31(26,27)24(2)3/h5-14H,1-4H3,(H,22,23,25)/t14-/m0/s1. The van der Waals surface area contributed by atoms with Gasteiger partial charge in [-0.25, -0.2) is 17.7 Å². The molecule has 0 saturated carbocycles. The first kappa shape index (κ1) is 22.7. The van der Waals surface area contributed by atoms with E-state index in [1.165, 1.54) is 37.6 Å². The zero-order valence-corrected chi connectivity index (χ0v) is 19.2. The monoisotopic (exact) mass is 461 g/mol. The molecule has 0 radical (unpaired) electrons. The Labute approximate surface area is 185 Å². The number of nitrogens with one attached hydrogen (secondary N) is 1. The molecule has 1 N–H and O–H groups in total. The van der Waals surface area contributed by atoms with E-state index in [2.05, 4.69) is 10.3 Å². The number of carbonyl (C=O) groups excluding carboxylic acids is 1. The molecule has 2 aromatic carbocycles. The summed E-state index contributed by atoms with van der Waals surface area (Å²) in [6.07, 6.45) is -0.726. The number of carbonyl (C=O) groups is 1. The number of ether oxygens (including phenoxy) is 2. The summed E-state index contributed by atoms with van der Waals surface area (Å²) in [4.78, 5) is 17.1. The zero-order valence-electron chi connectivity index (χ0n) is 17.5. The van der Waals surface area contributed by atoms with Gasteiger partial charge in [0.25, 0.3) is 5.91 Å². The minimum absolute atomic E-state index is 0.203. The van der Waals surface area contributed by atoms with Crippen LogP contribution in [0.3, 0.4) is 0 Å². The molecule has 8 nitrogen and oxygen atoms in total. The summed E-state index contributed by atoms with van der Waals surface area (Å²) in [5.41, 5.74) is 1.38. The lowest BCUT2D eigenvalue weighted by molar-refractivity contribution is -0.122. The van der Waals surface area contributed by atoms with Gasteiger partial charge in [-0.3, -0.25) is 10.1 Å². The number of hydrogen-bond acceptors (Lipinski definition) is 7. The molecule has 0 spiro atoms. The summed E-state index contributed by atoms with van der Waals surface area (Å²) < 4.78 is 36.3. The van der Waals surface area contributed by atoms with Crippen LogP contribution in [0.5, 0.6) is 11.5 Å². The first-order valence-corrected chi connectivity index (χ1v) is 11.6. The number of nitrogens with zero attached hydrogens (tertiary/aromatic N) is 2. The van der Waals surface area contributed by atoms with Crippen molar-refractivity contribution >= 4 is 32.4 Å². The van der Waals surface area contributed by atoms with Gasteiger partial charge in [0.2, 0.25) is 10.0 Å². The van der Waals surface area contributed by atoms with Crippen LogP contribution in [0.4, 0.5) is 5.13 Å². The summed E-state index contributed by atoms with van der Waals surface area (Å²) in [6, 6.07) is 13.4. The normalized spacial score (nSPS) is 12.4. The number of amides is 1. The van der Waals surface area contributed by atoms with Gasteiger partial charge in [-0.2, -0.15) is 0 Å². The van der Waals surface area contributed by atoms with Gasteiger partial charge in [0.05, 0.1) is 17.7 Å². The van der Waals surface area contributed by atoms with Gasteiger partial charge in [-0.1, -0.05) is 12.1 Å². The number of aromatic nitrogens is 1. The van der Waals surface area contributed by atoms with Crippen LogP contribution in [0.15, 0.2) is 58.8 Å². The minimum atomic E-state index is -3.49. The van der Waals surface area contributed by atoms with Crippen molar-refractivity contribution in [2.75, 3.05) is 26.5 Å². The van der Waals surface area contributed by atoms with Crippen molar-refractivity contribution in [3.05, 3.63) is 53.9 Å². The lowest BCUT2D eigenvalue weighted by atomic mass is 10.2. The van der Waals surface area contributed by atoms with Crippen LogP contribution >= 0.6 is 11.3 Å². The van der Waals surface area contributed by atoms with Gasteiger partial charge in [0, 0.05) is 25.0 Å². The quantitative estimate of drug-likeness (QED) is 0.552. The number of anilines is 1. The maximum absolute atomic E-state index is 12.4. The summed E-state index contributed by atoms with van der Waals surface area (Å²) >= 11 is 1.27. The van der Waals surface area contributed by atoms with Crippen LogP contribution in [0.25, 0.3) is 11.3 Å². The highest BCUT2D eigenvalue weighted by Crippen LogP contribution is 2.27. The Kier molecular flexibility index (Phi) is 6.94. The van der Waals surface area contributed by atoms with Gasteiger partial charge in [0.1, 0.15) is 11.5 Å². The Bertz CT molecular complexity index is 1140. The minimum Gasteiger partial charge on any atom is -0.497 e. The van der Waals surface area contributed by atoms with Crippen molar-refractivity contribution in [1.82, 2.24) is 9.29 Å². The largest absolute Gasteiger partial charge is 0.497 e. The molecule has 0 aliphatic rings. The number of rotatable bonds is 8. The smallest absolute Gasteiger partial charge is 0.266 e. The van der Waals surface area contributed by atoms with E-state index in [1.54, 1.807) is 55.8 Å². The molecule has 0 fully saturated rings. The Morgan fingerprint density at radius 3 is 2.26 bits per heavy atom. The van der Waals surface area contributed by atoms with E-state index in [0.717, 1.165) is 9.87 Å². The van der Waals surface area contributed by atoms with E-state index >= 15 is 0 Å². The number of sulfonamides is 1. The van der Waals surface area contributed by atoms with Crippen LogP contribution < -0.4 is 14.8 Å². The van der Waals surface area contributed by atoms with Gasteiger partial charge in [0.15, 0.2) is 11.2 Å². The molecule has 10 heteroatoms. The fourth-order valence-electron chi connectivity index (χ4n) is 2.59. The van der Waals surface area contributed by atoms with Crippen LogP contribution in [-0.2, 0) is 14.8 Å². The fourth-order valence-corrected chi connectivity index (χ4v) is 4.22. The van der Waals surface area contributed by atoms with Crippen LogP contribution in [0, 0.1) is 0 Å². The number of thiazole rings is 1. The van der Waals surface area contributed by atoms with Crippen molar-refractivity contribution in [2.45, 2.75) is 17.9 Å². The maximum Gasteiger partial charge on any atom is 0.266 e. The van der Waals surface area contributed by atoms with Crippen LogP contribution in [0.1, 0.15) is 6.92 Å². The Balaban J connectivity index is 1.64. The first-order chi connectivity index (χ1) is 14.7. The molecule has 0 unspecified atom stereocenters.